The minimum atomic E-state index is -3.44. The predicted molar refractivity (Wildman–Crippen MR) is 110 cm³/mol. The van der Waals surface area contributed by atoms with Crippen molar-refractivity contribution in [1.29, 1.82) is 0 Å². The Morgan fingerprint density at radius 1 is 0.963 bits per heavy atom. The predicted octanol–water partition coefficient (Wildman–Crippen LogP) is 4.03. The zero-order valence-electron chi connectivity index (χ0n) is 16.3. The topological polar surface area (TPSA) is 53.5 Å². The number of anilines is 1. The first-order chi connectivity index (χ1) is 12.9. The lowest BCUT2D eigenvalue weighted by Crippen LogP contribution is -2.41. The van der Waals surface area contributed by atoms with Gasteiger partial charge in [-0.15, -0.1) is 0 Å². The van der Waals surface area contributed by atoms with Gasteiger partial charge in [0.25, 0.3) is 0 Å². The first-order valence-electron chi connectivity index (χ1n) is 10.1. The second-order valence-corrected chi connectivity index (χ2v) is 10.0. The third kappa shape index (κ3) is 3.69. The van der Waals surface area contributed by atoms with Crippen LogP contribution in [0.5, 0.6) is 0 Å². The summed E-state index contributed by atoms with van der Waals surface area (Å²) in [5.74, 6) is 1.78. The van der Waals surface area contributed by atoms with Gasteiger partial charge in [0, 0.05) is 31.1 Å². The van der Waals surface area contributed by atoms with E-state index in [1.54, 1.807) is 16.4 Å². The lowest BCUT2D eigenvalue weighted by molar-refractivity contribution is 0.268. The number of rotatable bonds is 3. The molecule has 4 rings (SSSR count). The molecule has 0 aliphatic carbocycles. The van der Waals surface area contributed by atoms with Gasteiger partial charge in [-0.1, -0.05) is 13.3 Å². The van der Waals surface area contributed by atoms with Crippen molar-refractivity contribution >= 4 is 26.7 Å². The van der Waals surface area contributed by atoms with E-state index in [0.717, 1.165) is 55.0 Å². The van der Waals surface area contributed by atoms with Crippen molar-refractivity contribution in [2.45, 2.75) is 56.9 Å². The molecule has 1 aromatic heterocycles. The van der Waals surface area contributed by atoms with Crippen LogP contribution in [0.3, 0.4) is 0 Å². The molecule has 5 nitrogen and oxygen atoms in total. The molecule has 0 N–H and O–H groups in total. The van der Waals surface area contributed by atoms with Gasteiger partial charge in [-0.05, 0) is 68.9 Å². The average Bonchev–Trinajstić information content (AvgIpc) is 2.68. The molecule has 0 saturated carbocycles. The molecule has 6 heteroatoms. The van der Waals surface area contributed by atoms with Crippen molar-refractivity contribution in [1.82, 2.24) is 9.29 Å². The van der Waals surface area contributed by atoms with Crippen LogP contribution in [-0.2, 0) is 10.0 Å². The fraction of sp³-hybridized carbons (Fsp3) is 0.571. The second kappa shape index (κ2) is 7.40. The number of aromatic nitrogens is 1. The van der Waals surface area contributed by atoms with Gasteiger partial charge in [-0.3, -0.25) is 0 Å². The summed E-state index contributed by atoms with van der Waals surface area (Å²) in [6, 6.07) is 9.45. The molecule has 0 spiro atoms. The molecule has 0 amide bonds. The van der Waals surface area contributed by atoms with E-state index in [0.29, 0.717) is 11.4 Å². The minimum Gasteiger partial charge on any atom is -0.357 e. The number of hydrogen-bond acceptors (Lipinski definition) is 4. The molecule has 27 heavy (non-hydrogen) atoms. The first-order valence-corrected chi connectivity index (χ1v) is 11.6. The number of benzene rings is 1. The van der Waals surface area contributed by atoms with E-state index in [9.17, 15) is 8.42 Å². The van der Waals surface area contributed by atoms with Gasteiger partial charge in [-0.25, -0.2) is 13.4 Å². The Kier molecular flexibility index (Phi) is 5.12. The number of hydrogen-bond donors (Lipinski definition) is 0. The Morgan fingerprint density at radius 2 is 1.74 bits per heavy atom. The highest BCUT2D eigenvalue weighted by Crippen LogP contribution is 2.28. The van der Waals surface area contributed by atoms with Crippen molar-refractivity contribution in [2.24, 2.45) is 5.92 Å². The molecule has 1 atom stereocenters. The van der Waals surface area contributed by atoms with Crippen LogP contribution in [0.4, 0.5) is 5.82 Å². The Hall–Kier alpha value is -1.66. The van der Waals surface area contributed by atoms with E-state index >= 15 is 0 Å². The molecule has 0 radical (unpaired) electrons. The monoisotopic (exact) mass is 387 g/mol. The molecule has 0 bridgehead atoms. The number of piperidine rings is 2. The minimum absolute atomic E-state index is 0.0708. The van der Waals surface area contributed by atoms with Gasteiger partial charge in [0.05, 0.1) is 10.4 Å². The molecular formula is C21H29N3O2S. The van der Waals surface area contributed by atoms with E-state index < -0.39 is 10.0 Å². The van der Waals surface area contributed by atoms with Crippen molar-refractivity contribution < 1.29 is 8.42 Å². The van der Waals surface area contributed by atoms with Crippen LogP contribution in [0, 0.1) is 5.92 Å². The normalized spacial score (nSPS) is 23.0. The quantitative estimate of drug-likeness (QED) is 0.798. The Labute approximate surface area is 162 Å². The number of fused-ring (bicyclic) bond motifs is 1. The van der Waals surface area contributed by atoms with Crippen LogP contribution in [0.1, 0.15) is 46.0 Å². The molecule has 146 valence electrons. The highest BCUT2D eigenvalue weighted by atomic mass is 32.2. The van der Waals surface area contributed by atoms with Gasteiger partial charge in [0.1, 0.15) is 5.82 Å². The molecule has 2 fully saturated rings. The van der Waals surface area contributed by atoms with Gasteiger partial charge >= 0.3 is 0 Å². The van der Waals surface area contributed by atoms with Gasteiger partial charge in [0.2, 0.25) is 10.0 Å². The number of sulfonamides is 1. The van der Waals surface area contributed by atoms with Crippen LogP contribution in [-0.4, -0.2) is 43.4 Å². The summed E-state index contributed by atoms with van der Waals surface area (Å²) in [5.41, 5.74) is 0.858. The highest BCUT2D eigenvalue weighted by molar-refractivity contribution is 7.89. The summed E-state index contributed by atoms with van der Waals surface area (Å²) < 4.78 is 27.8. The third-order valence-electron chi connectivity index (χ3n) is 6.10. The summed E-state index contributed by atoms with van der Waals surface area (Å²) in [6.07, 6.45) is 5.38. The summed E-state index contributed by atoms with van der Waals surface area (Å²) >= 11 is 0. The zero-order chi connectivity index (χ0) is 19.0. The Balaban J connectivity index is 1.62. The number of pyridine rings is 1. The average molecular weight is 388 g/mol. The van der Waals surface area contributed by atoms with E-state index in [-0.39, 0.29) is 6.04 Å². The molecule has 1 unspecified atom stereocenters. The van der Waals surface area contributed by atoms with Crippen LogP contribution in [0.15, 0.2) is 35.2 Å². The standard InChI is InChI=1S/C21H29N3O2S/c1-16-10-13-23(14-11-16)21-9-6-18-15-19(7-8-20(18)22-21)27(25,26)24-12-4-3-5-17(24)2/h6-9,15-17H,3-5,10-14H2,1-2H3. The molecule has 2 aliphatic heterocycles. The fourth-order valence-corrected chi connectivity index (χ4v) is 5.97. The largest absolute Gasteiger partial charge is 0.357 e. The summed E-state index contributed by atoms with van der Waals surface area (Å²) in [6.45, 7) is 7.01. The molecule has 1 aromatic carbocycles. The fourth-order valence-electron chi connectivity index (χ4n) is 4.23. The Morgan fingerprint density at radius 3 is 2.48 bits per heavy atom. The zero-order valence-corrected chi connectivity index (χ0v) is 17.1. The van der Waals surface area contributed by atoms with Gasteiger partial charge in [-0.2, -0.15) is 4.31 Å². The van der Waals surface area contributed by atoms with Crippen molar-refractivity contribution in [3.8, 4) is 0 Å². The lowest BCUT2D eigenvalue weighted by Gasteiger charge is -2.32. The lowest BCUT2D eigenvalue weighted by atomic mass is 9.99. The summed E-state index contributed by atoms with van der Waals surface area (Å²) in [4.78, 5) is 7.50. The highest BCUT2D eigenvalue weighted by Gasteiger charge is 2.31. The third-order valence-corrected chi connectivity index (χ3v) is 8.11. The van der Waals surface area contributed by atoms with E-state index in [4.69, 9.17) is 4.98 Å². The van der Waals surface area contributed by atoms with Crippen LogP contribution in [0.2, 0.25) is 0 Å². The van der Waals surface area contributed by atoms with E-state index in [1.165, 1.54) is 12.8 Å². The summed E-state index contributed by atoms with van der Waals surface area (Å²) in [7, 11) is -3.44. The maximum absolute atomic E-state index is 13.1. The Bertz CT molecular complexity index is 920. The SMILES string of the molecule is CC1CCN(c2ccc3cc(S(=O)(=O)N4CCCCC4C)ccc3n2)CC1. The smallest absolute Gasteiger partial charge is 0.243 e. The van der Waals surface area contributed by atoms with Crippen molar-refractivity contribution in [3.05, 3.63) is 30.3 Å². The van der Waals surface area contributed by atoms with Crippen LogP contribution in [0.25, 0.3) is 10.9 Å². The maximum atomic E-state index is 13.1. The first kappa shape index (κ1) is 18.7. The molecule has 3 heterocycles. The molecule has 2 aromatic rings. The van der Waals surface area contributed by atoms with Gasteiger partial charge < -0.3 is 4.90 Å². The van der Waals surface area contributed by atoms with Crippen LogP contribution >= 0.6 is 0 Å². The second-order valence-electron chi connectivity index (χ2n) is 8.15. The van der Waals surface area contributed by atoms with E-state index in [2.05, 4.69) is 11.8 Å². The summed E-state index contributed by atoms with van der Waals surface area (Å²) in [5, 5.41) is 0.884. The van der Waals surface area contributed by atoms with Crippen molar-refractivity contribution in [3.63, 3.8) is 0 Å². The molecule has 2 aliphatic rings. The van der Waals surface area contributed by atoms with Gasteiger partial charge in [0.15, 0.2) is 0 Å². The maximum Gasteiger partial charge on any atom is 0.243 e. The van der Waals surface area contributed by atoms with Crippen molar-refractivity contribution in [2.75, 3.05) is 24.5 Å². The number of nitrogens with zero attached hydrogens (tertiary/aromatic N) is 3. The molecular weight excluding hydrogens is 358 g/mol. The van der Waals surface area contributed by atoms with Crippen LogP contribution < -0.4 is 4.90 Å². The molecule has 2 saturated heterocycles. The van der Waals surface area contributed by atoms with E-state index in [1.807, 2.05) is 25.1 Å².